The van der Waals surface area contributed by atoms with Gasteiger partial charge >= 0.3 is 0 Å². The molecule has 0 radical (unpaired) electrons. The molecule has 0 spiro atoms. The molecule has 0 aliphatic rings. The Bertz CT molecular complexity index is 823. The number of aromatic nitrogens is 2. The van der Waals surface area contributed by atoms with Gasteiger partial charge in [-0.1, -0.05) is 57.3 Å². The van der Waals surface area contributed by atoms with Crippen LogP contribution in [0.15, 0.2) is 53.1 Å². The van der Waals surface area contributed by atoms with E-state index in [1.54, 1.807) is 12.1 Å². The normalized spacial score (nSPS) is 11.2. The van der Waals surface area contributed by atoms with E-state index in [1.807, 2.05) is 48.7 Å². The third-order valence-corrected chi connectivity index (χ3v) is 4.18. The van der Waals surface area contributed by atoms with Crippen LogP contribution in [0, 0.1) is 0 Å². The van der Waals surface area contributed by atoms with E-state index < -0.39 is 0 Å². The summed E-state index contributed by atoms with van der Waals surface area (Å²) in [6.07, 6.45) is 5.76. The first kappa shape index (κ1) is 15.3. The molecule has 3 aromatic rings. The Morgan fingerprint density at radius 3 is 2.50 bits per heavy atom. The zero-order valence-corrected chi connectivity index (χ0v) is 14.5. The number of aromatic amines is 1. The van der Waals surface area contributed by atoms with Crippen LogP contribution in [0.25, 0.3) is 23.4 Å². The van der Waals surface area contributed by atoms with Crippen LogP contribution < -0.4 is 0 Å². The van der Waals surface area contributed by atoms with Crippen molar-refractivity contribution in [3.8, 4) is 11.3 Å². The monoisotopic (exact) mass is 392 g/mol. The molecule has 2 aromatic carbocycles. The molecular formula is C17H11BrCl2N2. The van der Waals surface area contributed by atoms with Crippen LogP contribution in [0.1, 0.15) is 11.4 Å². The molecule has 1 N–H and O–H groups in total. The van der Waals surface area contributed by atoms with E-state index in [-0.39, 0.29) is 0 Å². The summed E-state index contributed by atoms with van der Waals surface area (Å²) in [6, 6.07) is 13.4. The van der Waals surface area contributed by atoms with Crippen molar-refractivity contribution in [2.24, 2.45) is 0 Å². The number of imidazole rings is 1. The number of benzene rings is 2. The summed E-state index contributed by atoms with van der Waals surface area (Å²) in [5, 5.41) is 1.20. The highest BCUT2D eigenvalue weighted by molar-refractivity contribution is 9.10. The number of hydrogen-bond acceptors (Lipinski definition) is 1. The van der Waals surface area contributed by atoms with Gasteiger partial charge in [-0.05, 0) is 42.0 Å². The third kappa shape index (κ3) is 3.61. The Labute approximate surface area is 146 Å². The van der Waals surface area contributed by atoms with Gasteiger partial charge in [-0.3, -0.25) is 0 Å². The largest absolute Gasteiger partial charge is 0.344 e. The molecule has 3 rings (SSSR count). The second-order valence-electron chi connectivity index (χ2n) is 4.68. The molecule has 0 saturated heterocycles. The van der Waals surface area contributed by atoms with Crippen LogP contribution in [-0.4, -0.2) is 9.97 Å². The molecule has 0 aliphatic heterocycles. The molecule has 0 fully saturated rings. The van der Waals surface area contributed by atoms with Gasteiger partial charge in [-0.25, -0.2) is 4.98 Å². The van der Waals surface area contributed by atoms with Gasteiger partial charge < -0.3 is 4.98 Å². The molecular weight excluding hydrogens is 383 g/mol. The fraction of sp³-hybridized carbons (Fsp3) is 0. The summed E-state index contributed by atoms with van der Waals surface area (Å²) >= 11 is 15.5. The number of H-pyrrole nitrogens is 1. The van der Waals surface area contributed by atoms with Gasteiger partial charge in [0.25, 0.3) is 0 Å². The summed E-state index contributed by atoms with van der Waals surface area (Å²) in [6.45, 7) is 0. The second kappa shape index (κ2) is 6.69. The molecule has 110 valence electrons. The summed E-state index contributed by atoms with van der Waals surface area (Å²) in [4.78, 5) is 7.65. The highest BCUT2D eigenvalue weighted by Gasteiger charge is 2.07. The van der Waals surface area contributed by atoms with Crippen LogP contribution in [0.4, 0.5) is 0 Å². The fourth-order valence-electron chi connectivity index (χ4n) is 2.01. The van der Waals surface area contributed by atoms with E-state index in [9.17, 15) is 0 Å². The topological polar surface area (TPSA) is 28.7 Å². The van der Waals surface area contributed by atoms with Crippen molar-refractivity contribution in [1.82, 2.24) is 9.97 Å². The van der Waals surface area contributed by atoms with Gasteiger partial charge in [0, 0.05) is 21.3 Å². The van der Waals surface area contributed by atoms with Crippen molar-refractivity contribution in [2.45, 2.75) is 0 Å². The Kier molecular flexibility index (Phi) is 4.67. The molecule has 2 nitrogen and oxygen atoms in total. The predicted molar refractivity (Wildman–Crippen MR) is 97.1 cm³/mol. The van der Waals surface area contributed by atoms with Crippen molar-refractivity contribution in [3.63, 3.8) is 0 Å². The Balaban J connectivity index is 1.83. The summed E-state index contributed by atoms with van der Waals surface area (Å²) in [5.41, 5.74) is 2.74. The molecule has 0 aliphatic carbocycles. The smallest absolute Gasteiger partial charge is 0.130 e. The summed E-state index contributed by atoms with van der Waals surface area (Å²) in [5.74, 6) is 0.768. The first-order chi connectivity index (χ1) is 10.6. The van der Waals surface area contributed by atoms with E-state index in [1.165, 1.54) is 0 Å². The molecule has 1 heterocycles. The molecule has 0 amide bonds. The number of halogens is 3. The standard InChI is InChI=1S/C17H11BrCl2N2/c18-12-4-1-11(2-5-12)3-8-17-21-10-16(22-17)14-7-6-13(19)9-15(14)20/h1-10H,(H,21,22)/b8-3+. The second-order valence-corrected chi connectivity index (χ2v) is 6.44. The summed E-state index contributed by atoms with van der Waals surface area (Å²) in [7, 11) is 0. The van der Waals surface area contributed by atoms with Gasteiger partial charge in [0.2, 0.25) is 0 Å². The average molecular weight is 394 g/mol. The maximum Gasteiger partial charge on any atom is 0.130 e. The van der Waals surface area contributed by atoms with Gasteiger partial charge in [0.15, 0.2) is 0 Å². The lowest BCUT2D eigenvalue weighted by atomic mass is 10.2. The van der Waals surface area contributed by atoms with E-state index in [0.29, 0.717) is 10.0 Å². The minimum atomic E-state index is 0.586. The third-order valence-electron chi connectivity index (χ3n) is 3.11. The van der Waals surface area contributed by atoms with E-state index in [2.05, 4.69) is 25.9 Å². The van der Waals surface area contributed by atoms with Crippen LogP contribution in [-0.2, 0) is 0 Å². The van der Waals surface area contributed by atoms with Crippen molar-refractivity contribution in [3.05, 3.63) is 74.6 Å². The van der Waals surface area contributed by atoms with Gasteiger partial charge in [0.1, 0.15) is 5.82 Å². The average Bonchev–Trinajstić information content (AvgIpc) is 2.95. The highest BCUT2D eigenvalue weighted by atomic mass is 79.9. The maximum atomic E-state index is 6.20. The van der Waals surface area contributed by atoms with E-state index in [4.69, 9.17) is 23.2 Å². The molecule has 1 aromatic heterocycles. The lowest BCUT2D eigenvalue weighted by Crippen LogP contribution is -1.80. The number of rotatable bonds is 3. The van der Waals surface area contributed by atoms with Crippen LogP contribution in [0.2, 0.25) is 10.0 Å². The molecule has 0 unspecified atom stereocenters. The predicted octanol–water partition coefficient (Wildman–Crippen LogP) is 6.32. The SMILES string of the molecule is Clc1ccc(-c2c[nH]c(/C=C/c3ccc(Br)cc3)n2)c(Cl)c1. The first-order valence-electron chi connectivity index (χ1n) is 6.56. The maximum absolute atomic E-state index is 6.20. The Morgan fingerprint density at radius 1 is 1.00 bits per heavy atom. The lowest BCUT2D eigenvalue weighted by molar-refractivity contribution is 1.27. The zero-order valence-electron chi connectivity index (χ0n) is 11.4. The first-order valence-corrected chi connectivity index (χ1v) is 8.11. The number of hydrogen-bond donors (Lipinski definition) is 1. The molecule has 22 heavy (non-hydrogen) atoms. The van der Waals surface area contributed by atoms with Gasteiger partial charge in [-0.15, -0.1) is 0 Å². The quantitative estimate of drug-likeness (QED) is 0.554. The van der Waals surface area contributed by atoms with Crippen molar-refractivity contribution < 1.29 is 0 Å². The van der Waals surface area contributed by atoms with Crippen LogP contribution >= 0.6 is 39.1 Å². The Hall–Kier alpha value is -1.55. The van der Waals surface area contributed by atoms with Crippen LogP contribution in [0.3, 0.4) is 0 Å². The molecule has 0 bridgehead atoms. The molecule has 5 heteroatoms. The summed E-state index contributed by atoms with van der Waals surface area (Å²) < 4.78 is 1.06. The lowest BCUT2D eigenvalue weighted by Gasteiger charge is -2.00. The zero-order chi connectivity index (χ0) is 15.5. The van der Waals surface area contributed by atoms with Crippen molar-refractivity contribution >= 4 is 51.3 Å². The molecule has 0 atom stereocenters. The van der Waals surface area contributed by atoms with Crippen molar-refractivity contribution in [2.75, 3.05) is 0 Å². The Morgan fingerprint density at radius 2 is 1.77 bits per heavy atom. The number of nitrogens with one attached hydrogen (secondary N) is 1. The fourth-order valence-corrected chi connectivity index (χ4v) is 2.78. The minimum absolute atomic E-state index is 0.586. The molecule has 0 saturated carbocycles. The van der Waals surface area contributed by atoms with Crippen LogP contribution in [0.5, 0.6) is 0 Å². The van der Waals surface area contributed by atoms with Gasteiger partial charge in [-0.2, -0.15) is 0 Å². The highest BCUT2D eigenvalue weighted by Crippen LogP contribution is 2.29. The van der Waals surface area contributed by atoms with Crippen molar-refractivity contribution in [1.29, 1.82) is 0 Å². The van der Waals surface area contributed by atoms with Gasteiger partial charge in [0.05, 0.1) is 10.7 Å². The number of nitrogens with zero attached hydrogens (tertiary/aromatic N) is 1. The van der Waals surface area contributed by atoms with E-state index >= 15 is 0 Å². The minimum Gasteiger partial charge on any atom is -0.344 e. The van der Waals surface area contributed by atoms with E-state index in [0.717, 1.165) is 27.1 Å².